The Hall–Kier alpha value is -0.120. The first kappa shape index (κ1) is 13.3. The third kappa shape index (κ3) is 3.67. The second-order valence-corrected chi connectivity index (χ2v) is 5.85. The molecular weight excluding hydrogens is 212 g/mol. The number of nitrogens with two attached hydrogens (primary N) is 1. The van der Waals surface area contributed by atoms with E-state index in [4.69, 9.17) is 10.5 Å². The maximum Gasteiger partial charge on any atom is 0.0509 e. The molecule has 3 unspecified atom stereocenters. The molecule has 3 atom stereocenters. The fourth-order valence-electron chi connectivity index (χ4n) is 3.33. The summed E-state index contributed by atoms with van der Waals surface area (Å²) in [6, 6.07) is 0.556. The first-order valence-corrected chi connectivity index (χ1v) is 7.33. The van der Waals surface area contributed by atoms with Crippen LogP contribution in [-0.2, 0) is 4.74 Å². The van der Waals surface area contributed by atoms with Crippen molar-refractivity contribution >= 4 is 0 Å². The van der Waals surface area contributed by atoms with Gasteiger partial charge in [0.15, 0.2) is 0 Å². The highest BCUT2D eigenvalue weighted by atomic mass is 16.5. The van der Waals surface area contributed by atoms with Crippen LogP contribution in [0.4, 0.5) is 0 Å². The predicted molar refractivity (Wildman–Crippen MR) is 71.0 cm³/mol. The minimum atomic E-state index is 0.556. The van der Waals surface area contributed by atoms with E-state index in [0.29, 0.717) is 12.0 Å². The lowest BCUT2D eigenvalue weighted by Crippen LogP contribution is -2.48. The number of likely N-dealkylation sites (tertiary alicyclic amines) is 1. The van der Waals surface area contributed by atoms with E-state index in [0.717, 1.165) is 25.7 Å². The Bertz CT molecular complexity index is 216. The number of nitrogens with zero attached hydrogens (tertiary/aromatic N) is 1. The van der Waals surface area contributed by atoms with E-state index in [1.165, 1.54) is 45.2 Å². The van der Waals surface area contributed by atoms with Crippen molar-refractivity contribution in [1.29, 1.82) is 0 Å². The van der Waals surface area contributed by atoms with Gasteiger partial charge in [-0.25, -0.2) is 0 Å². The summed E-state index contributed by atoms with van der Waals surface area (Å²) in [4.78, 5) is 2.64. The van der Waals surface area contributed by atoms with E-state index in [1.807, 2.05) is 0 Å². The molecule has 3 heteroatoms. The van der Waals surface area contributed by atoms with E-state index < -0.39 is 0 Å². The first-order valence-electron chi connectivity index (χ1n) is 7.33. The van der Waals surface area contributed by atoms with E-state index in [9.17, 15) is 0 Å². The molecule has 0 bridgehead atoms. The summed E-state index contributed by atoms with van der Waals surface area (Å²) < 4.78 is 5.63. The summed E-state index contributed by atoms with van der Waals surface area (Å²) in [5.74, 6) is 1.56. The Morgan fingerprint density at radius 1 is 1.24 bits per heavy atom. The van der Waals surface area contributed by atoms with Crippen LogP contribution in [0.15, 0.2) is 0 Å². The van der Waals surface area contributed by atoms with Crippen LogP contribution in [0.25, 0.3) is 0 Å². The molecule has 0 radical (unpaired) electrons. The molecule has 0 saturated carbocycles. The Morgan fingerprint density at radius 2 is 2.12 bits per heavy atom. The number of hydrogen-bond donors (Lipinski definition) is 1. The van der Waals surface area contributed by atoms with Crippen molar-refractivity contribution in [3.63, 3.8) is 0 Å². The smallest absolute Gasteiger partial charge is 0.0509 e. The highest BCUT2D eigenvalue weighted by Gasteiger charge is 2.29. The number of hydrogen-bond acceptors (Lipinski definition) is 3. The van der Waals surface area contributed by atoms with Gasteiger partial charge in [0.05, 0.1) is 6.61 Å². The quantitative estimate of drug-likeness (QED) is 0.818. The molecule has 2 aliphatic rings. The molecule has 2 heterocycles. The van der Waals surface area contributed by atoms with E-state index >= 15 is 0 Å². The normalized spacial score (nSPS) is 34.2. The molecular formula is C14H28N2O. The minimum Gasteiger partial charge on any atom is -0.381 e. The average Bonchev–Trinajstić information content (AvgIpc) is 2.57. The molecule has 2 aliphatic heterocycles. The fraction of sp³-hybridized carbons (Fsp3) is 1.00. The SMILES string of the molecule is CC1CCCN(C(CN)C2CCCOC2)CC1. The van der Waals surface area contributed by atoms with Gasteiger partial charge in [-0.2, -0.15) is 0 Å². The highest BCUT2D eigenvalue weighted by molar-refractivity contribution is 4.83. The van der Waals surface area contributed by atoms with Gasteiger partial charge >= 0.3 is 0 Å². The lowest BCUT2D eigenvalue weighted by Gasteiger charge is -2.37. The van der Waals surface area contributed by atoms with Gasteiger partial charge in [-0.1, -0.05) is 6.92 Å². The van der Waals surface area contributed by atoms with Gasteiger partial charge in [0.2, 0.25) is 0 Å². The van der Waals surface area contributed by atoms with Gasteiger partial charge in [0.1, 0.15) is 0 Å². The van der Waals surface area contributed by atoms with Crippen LogP contribution >= 0.6 is 0 Å². The van der Waals surface area contributed by atoms with Crippen molar-refractivity contribution in [2.24, 2.45) is 17.6 Å². The van der Waals surface area contributed by atoms with Crippen LogP contribution in [0.1, 0.15) is 39.0 Å². The first-order chi connectivity index (χ1) is 8.31. The van der Waals surface area contributed by atoms with Gasteiger partial charge in [-0.3, -0.25) is 4.90 Å². The second-order valence-electron chi connectivity index (χ2n) is 5.85. The molecule has 0 amide bonds. The van der Waals surface area contributed by atoms with Crippen molar-refractivity contribution in [1.82, 2.24) is 4.90 Å². The van der Waals surface area contributed by atoms with Gasteiger partial charge in [0.25, 0.3) is 0 Å². The fourth-order valence-corrected chi connectivity index (χ4v) is 3.33. The monoisotopic (exact) mass is 240 g/mol. The van der Waals surface area contributed by atoms with Crippen LogP contribution < -0.4 is 5.73 Å². The molecule has 0 aliphatic carbocycles. The topological polar surface area (TPSA) is 38.5 Å². The lowest BCUT2D eigenvalue weighted by molar-refractivity contribution is 0.0117. The number of ether oxygens (including phenoxy) is 1. The zero-order valence-corrected chi connectivity index (χ0v) is 11.2. The molecule has 2 fully saturated rings. The number of rotatable bonds is 3. The van der Waals surface area contributed by atoms with Gasteiger partial charge in [0, 0.05) is 19.2 Å². The largest absolute Gasteiger partial charge is 0.381 e. The van der Waals surface area contributed by atoms with Crippen LogP contribution in [0.2, 0.25) is 0 Å². The predicted octanol–water partition coefficient (Wildman–Crippen LogP) is 1.86. The zero-order valence-electron chi connectivity index (χ0n) is 11.2. The molecule has 0 aromatic carbocycles. The maximum absolute atomic E-state index is 6.02. The van der Waals surface area contributed by atoms with Gasteiger partial charge in [-0.05, 0) is 57.0 Å². The van der Waals surface area contributed by atoms with Gasteiger partial charge in [-0.15, -0.1) is 0 Å². The summed E-state index contributed by atoms with van der Waals surface area (Å²) in [5, 5.41) is 0. The van der Waals surface area contributed by atoms with Crippen LogP contribution in [-0.4, -0.2) is 43.8 Å². The molecule has 100 valence electrons. The molecule has 17 heavy (non-hydrogen) atoms. The molecule has 2 rings (SSSR count). The van der Waals surface area contributed by atoms with E-state index in [1.54, 1.807) is 0 Å². The Balaban J connectivity index is 1.91. The van der Waals surface area contributed by atoms with Crippen LogP contribution in [0, 0.1) is 11.8 Å². The van der Waals surface area contributed by atoms with Crippen molar-refractivity contribution in [2.45, 2.75) is 45.1 Å². The zero-order chi connectivity index (χ0) is 12.1. The van der Waals surface area contributed by atoms with Crippen LogP contribution in [0.5, 0.6) is 0 Å². The second kappa shape index (κ2) is 6.72. The molecule has 3 nitrogen and oxygen atoms in total. The Morgan fingerprint density at radius 3 is 2.82 bits per heavy atom. The van der Waals surface area contributed by atoms with Crippen molar-refractivity contribution in [3.8, 4) is 0 Å². The summed E-state index contributed by atoms with van der Waals surface area (Å²) in [6.07, 6.45) is 6.57. The van der Waals surface area contributed by atoms with E-state index in [-0.39, 0.29) is 0 Å². The summed E-state index contributed by atoms with van der Waals surface area (Å²) >= 11 is 0. The van der Waals surface area contributed by atoms with Crippen molar-refractivity contribution < 1.29 is 4.74 Å². The molecule has 0 spiro atoms. The highest BCUT2D eigenvalue weighted by Crippen LogP contribution is 2.25. The van der Waals surface area contributed by atoms with Crippen molar-refractivity contribution in [3.05, 3.63) is 0 Å². The molecule has 0 aromatic heterocycles. The summed E-state index contributed by atoms with van der Waals surface area (Å²) in [6.45, 7) is 7.52. The third-order valence-electron chi connectivity index (χ3n) is 4.50. The third-order valence-corrected chi connectivity index (χ3v) is 4.50. The maximum atomic E-state index is 6.02. The molecule has 0 aromatic rings. The van der Waals surface area contributed by atoms with Crippen LogP contribution in [0.3, 0.4) is 0 Å². The van der Waals surface area contributed by atoms with E-state index in [2.05, 4.69) is 11.8 Å². The lowest BCUT2D eigenvalue weighted by atomic mass is 9.92. The van der Waals surface area contributed by atoms with Crippen molar-refractivity contribution in [2.75, 3.05) is 32.8 Å². The summed E-state index contributed by atoms with van der Waals surface area (Å²) in [5.41, 5.74) is 6.02. The molecule has 2 saturated heterocycles. The average molecular weight is 240 g/mol. The Labute approximate surface area is 106 Å². The van der Waals surface area contributed by atoms with Gasteiger partial charge < -0.3 is 10.5 Å². The minimum absolute atomic E-state index is 0.556. The standard InChI is InChI=1S/C14H28N2O/c1-12-4-2-7-16(8-6-12)14(10-15)13-5-3-9-17-11-13/h12-14H,2-11,15H2,1H3. The molecule has 2 N–H and O–H groups in total. The summed E-state index contributed by atoms with van der Waals surface area (Å²) in [7, 11) is 0. The Kier molecular flexibility index (Phi) is 5.26.